The zero-order chi connectivity index (χ0) is 13.8. The normalized spacial score (nSPS) is 20.1. The molecule has 1 aliphatic heterocycles. The van der Waals surface area contributed by atoms with E-state index in [4.69, 9.17) is 17.3 Å². The molecule has 1 aliphatic rings. The number of rotatable bonds is 3. The highest BCUT2D eigenvalue weighted by atomic mass is 35.5. The molecule has 2 N–H and O–H groups in total. The van der Waals surface area contributed by atoms with Gasteiger partial charge in [0.1, 0.15) is 0 Å². The summed E-state index contributed by atoms with van der Waals surface area (Å²) in [6.45, 7) is 2.81. The zero-order valence-electron chi connectivity index (χ0n) is 11.7. The van der Waals surface area contributed by atoms with E-state index in [2.05, 4.69) is 0 Å². The van der Waals surface area contributed by atoms with Gasteiger partial charge >= 0.3 is 0 Å². The van der Waals surface area contributed by atoms with E-state index in [1.807, 2.05) is 36.1 Å². The van der Waals surface area contributed by atoms with Crippen molar-refractivity contribution in [2.24, 2.45) is 5.73 Å². The van der Waals surface area contributed by atoms with Crippen molar-refractivity contribution < 1.29 is 4.79 Å². The van der Waals surface area contributed by atoms with Crippen molar-refractivity contribution in [2.45, 2.75) is 44.7 Å². The van der Waals surface area contributed by atoms with E-state index < -0.39 is 0 Å². The van der Waals surface area contributed by atoms with E-state index in [1.165, 1.54) is 0 Å². The van der Waals surface area contributed by atoms with Crippen LogP contribution in [0.5, 0.6) is 0 Å². The summed E-state index contributed by atoms with van der Waals surface area (Å²) in [5.41, 5.74) is 6.96. The number of benzene rings is 1. The molecule has 0 bridgehead atoms. The smallest absolute Gasteiger partial charge is 0.227 e. The minimum atomic E-state index is 0. The molecule has 0 saturated carbocycles. The summed E-state index contributed by atoms with van der Waals surface area (Å²) in [4.78, 5) is 14.4. The van der Waals surface area contributed by atoms with Crippen LogP contribution in [0.4, 0.5) is 0 Å². The van der Waals surface area contributed by atoms with Crippen LogP contribution in [0.25, 0.3) is 0 Å². The van der Waals surface area contributed by atoms with Crippen LogP contribution in [0, 0.1) is 0 Å². The fourth-order valence-corrected chi connectivity index (χ4v) is 2.95. The Bertz CT molecular complexity index is 451. The minimum absolute atomic E-state index is 0. The molecule has 1 aromatic carbocycles. The first-order valence-electron chi connectivity index (χ1n) is 6.87. The number of carbonyl (C=O) groups is 1. The van der Waals surface area contributed by atoms with Crippen LogP contribution in [0.2, 0.25) is 5.02 Å². The summed E-state index contributed by atoms with van der Waals surface area (Å²) < 4.78 is 0. The Morgan fingerprint density at radius 1 is 1.50 bits per heavy atom. The van der Waals surface area contributed by atoms with Crippen LogP contribution < -0.4 is 5.73 Å². The number of hydrogen-bond acceptors (Lipinski definition) is 2. The fraction of sp³-hybridized carbons (Fsp3) is 0.533. The van der Waals surface area contributed by atoms with E-state index >= 15 is 0 Å². The first-order valence-corrected chi connectivity index (χ1v) is 7.25. The molecular weight excluding hydrogens is 295 g/mol. The van der Waals surface area contributed by atoms with Crippen LogP contribution in [-0.2, 0) is 11.2 Å². The largest absolute Gasteiger partial charge is 0.338 e. The number of amides is 1. The van der Waals surface area contributed by atoms with Gasteiger partial charge in [-0.15, -0.1) is 12.4 Å². The van der Waals surface area contributed by atoms with Gasteiger partial charge in [0, 0.05) is 23.7 Å². The van der Waals surface area contributed by atoms with Crippen LogP contribution in [0.15, 0.2) is 24.3 Å². The molecule has 1 amide bonds. The predicted octanol–water partition coefficient (Wildman–Crippen LogP) is 3.03. The molecule has 0 aromatic heterocycles. The lowest BCUT2D eigenvalue weighted by molar-refractivity contribution is -0.134. The Labute approximate surface area is 131 Å². The summed E-state index contributed by atoms with van der Waals surface area (Å²) in [6, 6.07) is 7.70. The Balaban J connectivity index is 0.00000200. The maximum atomic E-state index is 12.4. The molecule has 2 atom stereocenters. The number of nitrogens with two attached hydrogens (primary N) is 1. The average molecular weight is 317 g/mol. The van der Waals surface area contributed by atoms with Crippen molar-refractivity contribution in [3.63, 3.8) is 0 Å². The maximum absolute atomic E-state index is 12.4. The van der Waals surface area contributed by atoms with E-state index in [0.717, 1.165) is 31.4 Å². The van der Waals surface area contributed by atoms with Gasteiger partial charge in [-0.2, -0.15) is 0 Å². The number of nitrogens with zero attached hydrogens (tertiary/aromatic N) is 1. The molecule has 2 unspecified atom stereocenters. The summed E-state index contributed by atoms with van der Waals surface area (Å²) in [7, 11) is 0. The SMILES string of the molecule is CC(N)C1CCCCN1C(=O)Cc1cccc(Cl)c1.Cl. The second-order valence-electron chi connectivity index (χ2n) is 5.32. The average Bonchev–Trinajstić information content (AvgIpc) is 2.38. The number of hydrogen-bond donors (Lipinski definition) is 1. The van der Waals surface area contributed by atoms with Crippen molar-refractivity contribution in [1.29, 1.82) is 0 Å². The predicted molar refractivity (Wildman–Crippen MR) is 85.4 cm³/mol. The first-order chi connectivity index (χ1) is 9.08. The van der Waals surface area contributed by atoms with Crippen LogP contribution >= 0.6 is 24.0 Å². The van der Waals surface area contributed by atoms with Gasteiger partial charge in [-0.05, 0) is 43.9 Å². The molecule has 0 spiro atoms. The van der Waals surface area contributed by atoms with Gasteiger partial charge in [0.05, 0.1) is 6.42 Å². The summed E-state index contributed by atoms with van der Waals surface area (Å²) >= 11 is 5.95. The first kappa shape index (κ1) is 17.3. The van der Waals surface area contributed by atoms with Crippen molar-refractivity contribution in [3.8, 4) is 0 Å². The van der Waals surface area contributed by atoms with Crippen molar-refractivity contribution in [1.82, 2.24) is 4.90 Å². The Morgan fingerprint density at radius 3 is 2.90 bits per heavy atom. The molecule has 5 heteroatoms. The Morgan fingerprint density at radius 2 is 2.25 bits per heavy atom. The Kier molecular flexibility index (Phi) is 6.80. The zero-order valence-corrected chi connectivity index (χ0v) is 13.3. The summed E-state index contributed by atoms with van der Waals surface area (Å²) in [5, 5.41) is 0.674. The number of carbonyl (C=O) groups excluding carboxylic acids is 1. The third-order valence-electron chi connectivity index (χ3n) is 3.72. The van der Waals surface area contributed by atoms with Crippen LogP contribution in [-0.4, -0.2) is 29.4 Å². The maximum Gasteiger partial charge on any atom is 0.227 e. The van der Waals surface area contributed by atoms with Crippen LogP contribution in [0.1, 0.15) is 31.7 Å². The van der Waals surface area contributed by atoms with Crippen molar-refractivity contribution in [3.05, 3.63) is 34.9 Å². The second-order valence-corrected chi connectivity index (χ2v) is 5.75. The molecule has 1 heterocycles. The summed E-state index contributed by atoms with van der Waals surface area (Å²) in [6.07, 6.45) is 3.65. The molecule has 20 heavy (non-hydrogen) atoms. The van der Waals surface area contributed by atoms with Crippen molar-refractivity contribution >= 4 is 29.9 Å². The third kappa shape index (κ3) is 4.37. The molecule has 112 valence electrons. The summed E-state index contributed by atoms with van der Waals surface area (Å²) in [5.74, 6) is 0.157. The molecule has 0 radical (unpaired) electrons. The molecule has 1 aromatic rings. The number of likely N-dealkylation sites (tertiary alicyclic amines) is 1. The number of piperidine rings is 1. The Hall–Kier alpha value is -0.770. The number of halogens is 2. The minimum Gasteiger partial charge on any atom is -0.338 e. The second kappa shape index (κ2) is 7.87. The van der Waals surface area contributed by atoms with Gasteiger partial charge in [-0.1, -0.05) is 23.7 Å². The van der Waals surface area contributed by atoms with Gasteiger partial charge in [-0.3, -0.25) is 4.79 Å². The molecule has 3 nitrogen and oxygen atoms in total. The topological polar surface area (TPSA) is 46.3 Å². The molecule has 2 rings (SSSR count). The van der Waals surface area contributed by atoms with Crippen LogP contribution in [0.3, 0.4) is 0 Å². The van der Waals surface area contributed by atoms with E-state index in [0.29, 0.717) is 11.4 Å². The highest BCUT2D eigenvalue weighted by Crippen LogP contribution is 2.20. The van der Waals surface area contributed by atoms with Gasteiger partial charge in [0.2, 0.25) is 5.91 Å². The van der Waals surface area contributed by atoms with Gasteiger partial charge in [0.15, 0.2) is 0 Å². The molecule has 0 aliphatic carbocycles. The van der Waals surface area contributed by atoms with Gasteiger partial charge in [0.25, 0.3) is 0 Å². The van der Waals surface area contributed by atoms with E-state index in [1.54, 1.807) is 0 Å². The highest BCUT2D eigenvalue weighted by Gasteiger charge is 2.28. The van der Waals surface area contributed by atoms with E-state index in [9.17, 15) is 4.79 Å². The monoisotopic (exact) mass is 316 g/mol. The fourth-order valence-electron chi connectivity index (χ4n) is 2.74. The molecule has 1 fully saturated rings. The molecule has 1 saturated heterocycles. The highest BCUT2D eigenvalue weighted by molar-refractivity contribution is 6.30. The third-order valence-corrected chi connectivity index (χ3v) is 3.96. The quantitative estimate of drug-likeness (QED) is 0.931. The van der Waals surface area contributed by atoms with Crippen molar-refractivity contribution in [2.75, 3.05) is 6.54 Å². The van der Waals surface area contributed by atoms with Gasteiger partial charge < -0.3 is 10.6 Å². The van der Waals surface area contributed by atoms with E-state index in [-0.39, 0.29) is 30.4 Å². The lowest BCUT2D eigenvalue weighted by Crippen LogP contribution is -2.52. The lowest BCUT2D eigenvalue weighted by Gasteiger charge is -2.38. The van der Waals surface area contributed by atoms with Gasteiger partial charge in [-0.25, -0.2) is 0 Å². The molecular formula is C15H22Cl2N2O. The lowest BCUT2D eigenvalue weighted by atomic mass is 9.96. The standard InChI is InChI=1S/C15H21ClN2O.ClH/c1-11(17)14-7-2-3-8-18(14)15(19)10-12-5-4-6-13(16)9-12;/h4-6,9,11,14H,2-3,7-8,10,17H2,1H3;1H.